The number of likely N-dealkylation sites (tertiary alicyclic amines) is 1. The number of hydrogen-bond acceptors (Lipinski definition) is 3. The molecule has 1 fully saturated rings. The van der Waals surface area contributed by atoms with E-state index in [4.69, 9.17) is 4.74 Å². The van der Waals surface area contributed by atoms with Crippen molar-refractivity contribution in [2.24, 2.45) is 5.92 Å². The Morgan fingerprint density at radius 1 is 1.04 bits per heavy atom. The van der Waals surface area contributed by atoms with Gasteiger partial charge < -0.3 is 4.74 Å². The monoisotopic (exact) mass is 345 g/mol. The average Bonchev–Trinajstić information content (AvgIpc) is 2.63. The molecule has 0 N–H and O–H groups in total. The lowest BCUT2D eigenvalue weighted by Crippen LogP contribution is -2.39. The third kappa shape index (κ3) is 4.63. The summed E-state index contributed by atoms with van der Waals surface area (Å²) in [4.78, 5) is 14.4. The highest BCUT2D eigenvalue weighted by Gasteiger charge is 2.27. The second-order valence-electron chi connectivity index (χ2n) is 6.36. The number of benzene rings is 2. The van der Waals surface area contributed by atoms with Crippen molar-refractivity contribution >= 4 is 5.97 Å². The van der Waals surface area contributed by atoms with E-state index in [0.717, 1.165) is 19.4 Å². The number of rotatable bonds is 5. The van der Waals surface area contributed by atoms with E-state index in [1.165, 1.54) is 12.1 Å². The zero-order valence-electron chi connectivity index (χ0n) is 14.0. The molecular weight excluding hydrogens is 324 g/mol. The number of ether oxygens (including phenoxy) is 1. The van der Waals surface area contributed by atoms with E-state index >= 15 is 0 Å². The van der Waals surface area contributed by atoms with Gasteiger partial charge in [0.2, 0.25) is 0 Å². The Morgan fingerprint density at radius 2 is 1.68 bits per heavy atom. The minimum Gasteiger partial charge on any atom is -0.460 e. The summed E-state index contributed by atoms with van der Waals surface area (Å²) >= 11 is 0. The molecule has 3 rings (SSSR count). The number of carbonyl (C=O) groups excluding carboxylic acids is 1. The Morgan fingerprint density at radius 3 is 2.36 bits per heavy atom. The summed E-state index contributed by atoms with van der Waals surface area (Å²) < 4.78 is 32.7. The SMILES string of the molecule is O=C(OCc1ccccc1F)[C@H]1CCCN(Cc2ccccc2F)C1. The van der Waals surface area contributed by atoms with Crippen LogP contribution in [0.1, 0.15) is 24.0 Å². The number of halogens is 2. The molecule has 25 heavy (non-hydrogen) atoms. The van der Waals surface area contributed by atoms with E-state index in [-0.39, 0.29) is 30.1 Å². The number of carbonyl (C=O) groups is 1. The lowest BCUT2D eigenvalue weighted by atomic mass is 9.97. The molecule has 1 saturated heterocycles. The van der Waals surface area contributed by atoms with Crippen molar-refractivity contribution in [2.75, 3.05) is 13.1 Å². The molecule has 0 aliphatic carbocycles. The second kappa shape index (κ2) is 8.21. The van der Waals surface area contributed by atoms with Crippen molar-refractivity contribution in [1.82, 2.24) is 4.90 Å². The van der Waals surface area contributed by atoms with Gasteiger partial charge in [-0.2, -0.15) is 0 Å². The Balaban J connectivity index is 1.55. The molecule has 132 valence electrons. The lowest BCUT2D eigenvalue weighted by molar-refractivity contribution is -0.152. The Bertz CT molecular complexity index is 735. The molecule has 3 nitrogen and oxygen atoms in total. The van der Waals surface area contributed by atoms with Crippen LogP contribution in [0.15, 0.2) is 48.5 Å². The van der Waals surface area contributed by atoms with E-state index in [2.05, 4.69) is 4.90 Å². The van der Waals surface area contributed by atoms with Crippen molar-refractivity contribution in [2.45, 2.75) is 26.0 Å². The maximum absolute atomic E-state index is 13.8. The van der Waals surface area contributed by atoms with Gasteiger partial charge in [-0.05, 0) is 31.5 Å². The standard InChI is InChI=1S/C20H21F2NO2/c21-18-9-3-1-6-15(18)12-23-11-5-8-16(13-23)20(24)25-14-17-7-2-4-10-19(17)22/h1-4,6-7,9-10,16H,5,8,11-14H2/t16-/m0/s1. The largest absolute Gasteiger partial charge is 0.460 e. The van der Waals surface area contributed by atoms with E-state index < -0.39 is 0 Å². The highest BCUT2D eigenvalue weighted by molar-refractivity contribution is 5.72. The highest BCUT2D eigenvalue weighted by atomic mass is 19.1. The summed E-state index contributed by atoms with van der Waals surface area (Å²) in [5.41, 5.74) is 0.998. The molecule has 2 aromatic carbocycles. The van der Waals surface area contributed by atoms with Crippen LogP contribution in [-0.4, -0.2) is 24.0 Å². The van der Waals surface area contributed by atoms with Crippen LogP contribution in [0.2, 0.25) is 0 Å². The summed E-state index contributed by atoms with van der Waals surface area (Å²) in [7, 11) is 0. The number of piperidine rings is 1. The quantitative estimate of drug-likeness (QED) is 0.769. The van der Waals surface area contributed by atoms with Gasteiger partial charge in [0.1, 0.15) is 18.2 Å². The lowest BCUT2D eigenvalue weighted by Gasteiger charge is -2.31. The van der Waals surface area contributed by atoms with Gasteiger partial charge in [0.25, 0.3) is 0 Å². The van der Waals surface area contributed by atoms with Crippen molar-refractivity contribution in [1.29, 1.82) is 0 Å². The first-order valence-electron chi connectivity index (χ1n) is 8.49. The van der Waals surface area contributed by atoms with Crippen LogP contribution in [0, 0.1) is 17.6 Å². The first-order chi connectivity index (χ1) is 12.1. The fourth-order valence-corrected chi connectivity index (χ4v) is 3.14. The van der Waals surface area contributed by atoms with Crippen molar-refractivity contribution in [3.05, 3.63) is 71.3 Å². The van der Waals surface area contributed by atoms with Crippen LogP contribution in [0.5, 0.6) is 0 Å². The molecule has 0 saturated carbocycles. The van der Waals surface area contributed by atoms with Gasteiger partial charge in [0.15, 0.2) is 0 Å². The van der Waals surface area contributed by atoms with E-state index in [9.17, 15) is 13.6 Å². The van der Waals surface area contributed by atoms with Gasteiger partial charge in [0.05, 0.1) is 5.92 Å². The van der Waals surface area contributed by atoms with E-state index in [0.29, 0.717) is 24.2 Å². The minimum atomic E-state index is -0.375. The maximum Gasteiger partial charge on any atom is 0.310 e. The van der Waals surface area contributed by atoms with Crippen LogP contribution in [0.25, 0.3) is 0 Å². The average molecular weight is 345 g/mol. The third-order valence-corrected chi connectivity index (χ3v) is 4.52. The minimum absolute atomic E-state index is 0.0602. The predicted molar refractivity (Wildman–Crippen MR) is 90.6 cm³/mol. The van der Waals surface area contributed by atoms with Gasteiger partial charge in [0, 0.05) is 24.2 Å². The molecule has 0 unspecified atom stereocenters. The maximum atomic E-state index is 13.8. The molecule has 1 aliphatic rings. The number of esters is 1. The van der Waals surface area contributed by atoms with Crippen molar-refractivity contribution in [3.63, 3.8) is 0 Å². The van der Waals surface area contributed by atoms with Gasteiger partial charge in [-0.3, -0.25) is 9.69 Å². The zero-order valence-corrected chi connectivity index (χ0v) is 14.0. The van der Waals surface area contributed by atoms with Crippen molar-refractivity contribution < 1.29 is 18.3 Å². The van der Waals surface area contributed by atoms with E-state index in [1.54, 1.807) is 30.3 Å². The van der Waals surface area contributed by atoms with Gasteiger partial charge in [-0.15, -0.1) is 0 Å². The van der Waals surface area contributed by atoms with Crippen LogP contribution in [0.3, 0.4) is 0 Å². The van der Waals surface area contributed by atoms with Crippen LogP contribution >= 0.6 is 0 Å². The molecule has 0 amide bonds. The molecule has 5 heteroatoms. The normalized spacial score (nSPS) is 18.1. The second-order valence-corrected chi connectivity index (χ2v) is 6.36. The summed E-state index contributed by atoms with van der Waals surface area (Å²) in [6.07, 6.45) is 1.60. The topological polar surface area (TPSA) is 29.5 Å². The summed E-state index contributed by atoms with van der Waals surface area (Å²) in [5, 5.41) is 0. The highest BCUT2D eigenvalue weighted by Crippen LogP contribution is 2.21. The molecule has 0 radical (unpaired) electrons. The summed E-state index contributed by atoms with van der Waals surface area (Å²) in [5.74, 6) is -1.18. The molecular formula is C20H21F2NO2. The Hall–Kier alpha value is -2.27. The Labute approximate surface area is 146 Å². The first-order valence-corrected chi connectivity index (χ1v) is 8.49. The van der Waals surface area contributed by atoms with Crippen LogP contribution in [0.4, 0.5) is 8.78 Å². The first kappa shape index (κ1) is 17.5. The molecule has 0 aromatic heterocycles. The zero-order chi connectivity index (χ0) is 17.6. The molecule has 1 atom stereocenters. The van der Waals surface area contributed by atoms with Crippen LogP contribution in [-0.2, 0) is 22.7 Å². The van der Waals surface area contributed by atoms with Crippen molar-refractivity contribution in [3.8, 4) is 0 Å². The van der Waals surface area contributed by atoms with Gasteiger partial charge in [-0.1, -0.05) is 36.4 Å². The fraction of sp³-hybridized carbons (Fsp3) is 0.350. The molecule has 1 heterocycles. The van der Waals surface area contributed by atoms with Crippen LogP contribution < -0.4 is 0 Å². The predicted octanol–water partition coefficient (Wildman–Crippen LogP) is 3.92. The fourth-order valence-electron chi connectivity index (χ4n) is 3.14. The molecule has 0 spiro atoms. The third-order valence-electron chi connectivity index (χ3n) is 4.52. The van der Waals surface area contributed by atoms with E-state index in [1.807, 2.05) is 6.07 Å². The molecule has 2 aromatic rings. The molecule has 1 aliphatic heterocycles. The summed E-state index contributed by atoms with van der Waals surface area (Å²) in [6.45, 7) is 1.77. The smallest absolute Gasteiger partial charge is 0.310 e. The summed E-state index contributed by atoms with van der Waals surface area (Å²) in [6, 6.07) is 12.9. The number of hydrogen-bond donors (Lipinski definition) is 0. The molecule has 0 bridgehead atoms. The van der Waals surface area contributed by atoms with Gasteiger partial charge in [-0.25, -0.2) is 8.78 Å². The van der Waals surface area contributed by atoms with Gasteiger partial charge >= 0.3 is 5.97 Å². The Kier molecular flexibility index (Phi) is 5.76. The number of nitrogens with zero attached hydrogens (tertiary/aromatic N) is 1.